The highest BCUT2D eigenvalue weighted by Gasteiger charge is 2.50. The lowest BCUT2D eigenvalue weighted by molar-refractivity contribution is -0.121. The molecule has 2 N–H and O–H groups in total. The van der Waals surface area contributed by atoms with Crippen molar-refractivity contribution >= 4 is 17.6 Å². The zero-order valence-electron chi connectivity index (χ0n) is 13.3. The van der Waals surface area contributed by atoms with Gasteiger partial charge in [-0.3, -0.25) is 4.79 Å². The number of carbonyl (C=O) groups is 2. The molecule has 1 saturated carbocycles. The first kappa shape index (κ1) is 16.2. The van der Waals surface area contributed by atoms with Crippen LogP contribution in [0.3, 0.4) is 0 Å². The number of carboxylic acids is 1. The zero-order chi connectivity index (χ0) is 17.3. The van der Waals surface area contributed by atoms with Crippen molar-refractivity contribution < 1.29 is 19.1 Å². The van der Waals surface area contributed by atoms with Gasteiger partial charge in [-0.25, -0.2) is 9.18 Å². The maximum absolute atomic E-state index is 13.8. The Labute approximate surface area is 139 Å². The van der Waals surface area contributed by atoms with Crippen molar-refractivity contribution in [3.63, 3.8) is 0 Å². The van der Waals surface area contributed by atoms with E-state index >= 15 is 0 Å². The zero-order valence-corrected chi connectivity index (χ0v) is 13.3. The third-order valence-corrected chi connectivity index (χ3v) is 4.55. The van der Waals surface area contributed by atoms with E-state index in [0.29, 0.717) is 30.5 Å². The number of hydrogen-bond acceptors (Lipinski definition) is 2. The van der Waals surface area contributed by atoms with Crippen LogP contribution < -0.4 is 5.32 Å². The number of benzene rings is 2. The van der Waals surface area contributed by atoms with Gasteiger partial charge in [-0.1, -0.05) is 24.3 Å². The van der Waals surface area contributed by atoms with Crippen LogP contribution in [0.1, 0.15) is 34.3 Å². The van der Waals surface area contributed by atoms with Crippen LogP contribution in [0.2, 0.25) is 0 Å². The first-order valence-corrected chi connectivity index (χ1v) is 7.80. The molecule has 24 heavy (non-hydrogen) atoms. The SMILES string of the molecule is Cc1ccc(C(=O)O)cc1NC(=O)C1(Cc2ccccc2F)CC1. The number of halogens is 1. The molecule has 0 atom stereocenters. The average Bonchev–Trinajstić information content (AvgIpc) is 3.32. The summed E-state index contributed by atoms with van der Waals surface area (Å²) in [5.41, 5.74) is 1.32. The third kappa shape index (κ3) is 3.15. The van der Waals surface area contributed by atoms with E-state index in [-0.39, 0.29) is 17.3 Å². The summed E-state index contributed by atoms with van der Waals surface area (Å²) in [5.74, 6) is -1.53. The monoisotopic (exact) mass is 327 g/mol. The molecule has 0 radical (unpaired) electrons. The van der Waals surface area contributed by atoms with E-state index in [1.165, 1.54) is 18.2 Å². The van der Waals surface area contributed by atoms with Gasteiger partial charge in [-0.05, 0) is 55.5 Å². The van der Waals surface area contributed by atoms with E-state index in [1.54, 1.807) is 31.2 Å². The maximum atomic E-state index is 13.8. The van der Waals surface area contributed by atoms with Gasteiger partial charge in [0.15, 0.2) is 0 Å². The molecule has 2 aromatic rings. The largest absolute Gasteiger partial charge is 0.478 e. The summed E-state index contributed by atoms with van der Waals surface area (Å²) >= 11 is 0. The van der Waals surface area contributed by atoms with Crippen molar-refractivity contribution in [1.29, 1.82) is 0 Å². The van der Waals surface area contributed by atoms with Gasteiger partial charge in [-0.15, -0.1) is 0 Å². The molecule has 1 aliphatic rings. The van der Waals surface area contributed by atoms with Gasteiger partial charge in [0.1, 0.15) is 5.82 Å². The van der Waals surface area contributed by atoms with Crippen molar-refractivity contribution in [2.75, 3.05) is 5.32 Å². The average molecular weight is 327 g/mol. The minimum atomic E-state index is -1.04. The summed E-state index contributed by atoms with van der Waals surface area (Å²) in [6, 6.07) is 11.1. The van der Waals surface area contributed by atoms with Crippen LogP contribution >= 0.6 is 0 Å². The Balaban J connectivity index is 1.79. The van der Waals surface area contributed by atoms with E-state index in [9.17, 15) is 14.0 Å². The van der Waals surface area contributed by atoms with Gasteiger partial charge in [-0.2, -0.15) is 0 Å². The summed E-state index contributed by atoms with van der Waals surface area (Å²) in [6.07, 6.45) is 1.75. The molecule has 4 nitrogen and oxygen atoms in total. The van der Waals surface area contributed by atoms with Crippen LogP contribution in [0, 0.1) is 18.2 Å². The van der Waals surface area contributed by atoms with Gasteiger partial charge < -0.3 is 10.4 Å². The molecule has 0 spiro atoms. The van der Waals surface area contributed by atoms with Crippen LogP contribution in [-0.2, 0) is 11.2 Å². The van der Waals surface area contributed by atoms with E-state index in [0.717, 1.165) is 5.56 Å². The molecule has 0 aliphatic heterocycles. The van der Waals surface area contributed by atoms with E-state index in [1.807, 2.05) is 0 Å². The highest BCUT2D eigenvalue weighted by atomic mass is 19.1. The topological polar surface area (TPSA) is 66.4 Å². The number of hydrogen-bond donors (Lipinski definition) is 2. The normalized spacial score (nSPS) is 14.9. The third-order valence-electron chi connectivity index (χ3n) is 4.55. The molecule has 5 heteroatoms. The molecular weight excluding hydrogens is 309 g/mol. The Kier molecular flexibility index (Phi) is 4.09. The molecule has 3 rings (SSSR count). The fraction of sp³-hybridized carbons (Fsp3) is 0.263. The lowest BCUT2D eigenvalue weighted by Crippen LogP contribution is -2.27. The van der Waals surface area contributed by atoms with Crippen LogP contribution in [0.5, 0.6) is 0 Å². The summed E-state index contributed by atoms with van der Waals surface area (Å²) in [7, 11) is 0. The number of aryl methyl sites for hydroxylation is 1. The van der Waals surface area contributed by atoms with E-state index in [2.05, 4.69) is 5.32 Å². The molecule has 0 saturated heterocycles. The molecule has 0 heterocycles. The van der Waals surface area contributed by atoms with Crippen LogP contribution in [0.15, 0.2) is 42.5 Å². The first-order valence-electron chi connectivity index (χ1n) is 7.80. The van der Waals surface area contributed by atoms with Crippen molar-refractivity contribution in [2.45, 2.75) is 26.2 Å². The molecule has 0 bridgehead atoms. The minimum Gasteiger partial charge on any atom is -0.478 e. The van der Waals surface area contributed by atoms with Crippen molar-refractivity contribution in [2.24, 2.45) is 5.41 Å². The predicted octanol–water partition coefficient (Wildman–Crippen LogP) is 3.79. The lowest BCUT2D eigenvalue weighted by Gasteiger charge is -2.17. The van der Waals surface area contributed by atoms with Crippen molar-refractivity contribution in [3.8, 4) is 0 Å². The number of anilines is 1. The van der Waals surface area contributed by atoms with Gasteiger partial charge in [0.05, 0.1) is 11.0 Å². The lowest BCUT2D eigenvalue weighted by atomic mass is 9.95. The first-order chi connectivity index (χ1) is 11.4. The second kappa shape index (κ2) is 6.07. The second-order valence-corrected chi connectivity index (χ2v) is 6.34. The molecule has 0 aromatic heterocycles. The highest BCUT2D eigenvalue weighted by molar-refractivity contribution is 5.99. The van der Waals surface area contributed by atoms with Gasteiger partial charge in [0, 0.05) is 5.69 Å². The van der Waals surface area contributed by atoms with E-state index < -0.39 is 11.4 Å². The van der Waals surface area contributed by atoms with Crippen LogP contribution in [-0.4, -0.2) is 17.0 Å². The summed E-state index contributed by atoms with van der Waals surface area (Å²) < 4.78 is 13.8. The molecule has 1 amide bonds. The van der Waals surface area contributed by atoms with Crippen LogP contribution in [0.4, 0.5) is 10.1 Å². The van der Waals surface area contributed by atoms with Crippen LogP contribution in [0.25, 0.3) is 0 Å². The van der Waals surface area contributed by atoms with E-state index in [4.69, 9.17) is 5.11 Å². The summed E-state index contributed by atoms with van der Waals surface area (Å²) in [4.78, 5) is 23.7. The molecule has 1 fully saturated rings. The Morgan fingerprint density at radius 1 is 1.21 bits per heavy atom. The molecular formula is C19H18FNO3. The number of nitrogens with one attached hydrogen (secondary N) is 1. The quantitative estimate of drug-likeness (QED) is 0.878. The summed E-state index contributed by atoms with van der Waals surface area (Å²) in [5, 5.41) is 11.9. The molecule has 2 aromatic carbocycles. The van der Waals surface area contributed by atoms with Crippen molar-refractivity contribution in [3.05, 3.63) is 65.0 Å². The Hall–Kier alpha value is -2.69. The highest BCUT2D eigenvalue weighted by Crippen LogP contribution is 2.49. The predicted molar refractivity (Wildman–Crippen MR) is 88.5 cm³/mol. The number of aromatic carboxylic acids is 1. The standard InChI is InChI=1S/C19H18FNO3/c1-12-6-7-13(17(22)23)10-16(12)21-18(24)19(8-9-19)11-14-4-2-3-5-15(14)20/h2-7,10H,8-9,11H2,1H3,(H,21,24)(H,22,23). The van der Waals surface area contributed by atoms with Gasteiger partial charge in [0.2, 0.25) is 5.91 Å². The smallest absolute Gasteiger partial charge is 0.335 e. The number of rotatable bonds is 5. The fourth-order valence-electron chi connectivity index (χ4n) is 2.79. The summed E-state index contributed by atoms with van der Waals surface area (Å²) in [6.45, 7) is 1.80. The number of carboxylic acid groups (broad SMARTS) is 1. The minimum absolute atomic E-state index is 0.120. The van der Waals surface area contributed by atoms with Crippen molar-refractivity contribution in [1.82, 2.24) is 0 Å². The molecule has 1 aliphatic carbocycles. The molecule has 0 unspecified atom stereocenters. The van der Waals surface area contributed by atoms with Gasteiger partial charge in [0.25, 0.3) is 0 Å². The number of amides is 1. The molecule has 124 valence electrons. The number of carbonyl (C=O) groups excluding carboxylic acids is 1. The Morgan fingerprint density at radius 2 is 1.92 bits per heavy atom. The fourth-order valence-corrected chi connectivity index (χ4v) is 2.79. The van der Waals surface area contributed by atoms with Gasteiger partial charge >= 0.3 is 5.97 Å². The second-order valence-electron chi connectivity index (χ2n) is 6.34. The Bertz CT molecular complexity index is 812. The Morgan fingerprint density at radius 3 is 2.54 bits per heavy atom. The maximum Gasteiger partial charge on any atom is 0.335 e.